The lowest BCUT2D eigenvalue weighted by atomic mass is 9.88. The van der Waals surface area contributed by atoms with Crippen molar-refractivity contribution >= 4 is 22.4 Å². The molecule has 1 aliphatic heterocycles. The lowest BCUT2D eigenvalue weighted by Crippen LogP contribution is -2.35. The van der Waals surface area contributed by atoms with E-state index < -0.39 is 0 Å². The van der Waals surface area contributed by atoms with E-state index in [-0.39, 0.29) is 11.3 Å². The average Bonchev–Trinajstić information content (AvgIpc) is 2.80. The number of nitrogens with zero attached hydrogens (tertiary/aromatic N) is 1. The summed E-state index contributed by atoms with van der Waals surface area (Å²) in [5, 5.41) is 5.37. The Kier molecular flexibility index (Phi) is 3.22. The fourth-order valence-electron chi connectivity index (χ4n) is 2.98. The van der Waals surface area contributed by atoms with E-state index in [2.05, 4.69) is 36.3 Å². The molecule has 0 bridgehead atoms. The Hall–Kier alpha value is -1.87. The first-order valence-corrected chi connectivity index (χ1v) is 7.06. The van der Waals surface area contributed by atoms with Gasteiger partial charge in [0.05, 0.1) is 5.41 Å². The lowest BCUT2D eigenvalue weighted by molar-refractivity contribution is -0.124. The van der Waals surface area contributed by atoms with E-state index in [1.54, 1.807) is 0 Å². The number of anilines is 1. The molecule has 2 aromatic carbocycles. The predicted octanol–water partition coefficient (Wildman–Crippen LogP) is 3.12. The molecular formula is C17H20N2O. The number of likely N-dealkylation sites (tertiary alicyclic amines) is 1. The molecule has 1 atom stereocenters. The van der Waals surface area contributed by atoms with E-state index >= 15 is 0 Å². The third-order valence-electron chi connectivity index (χ3n) is 4.25. The molecule has 0 spiro atoms. The fourth-order valence-corrected chi connectivity index (χ4v) is 2.98. The van der Waals surface area contributed by atoms with Crippen molar-refractivity contribution in [2.45, 2.75) is 13.3 Å². The molecule has 104 valence electrons. The van der Waals surface area contributed by atoms with Crippen LogP contribution in [0.15, 0.2) is 42.5 Å². The summed E-state index contributed by atoms with van der Waals surface area (Å²) in [6.07, 6.45) is 0.917. The highest BCUT2D eigenvalue weighted by atomic mass is 16.2. The van der Waals surface area contributed by atoms with Crippen molar-refractivity contribution in [1.82, 2.24) is 4.90 Å². The van der Waals surface area contributed by atoms with Gasteiger partial charge in [0.25, 0.3) is 0 Å². The minimum Gasteiger partial charge on any atom is -0.325 e. The van der Waals surface area contributed by atoms with Gasteiger partial charge in [0.1, 0.15) is 0 Å². The Labute approximate surface area is 119 Å². The first kappa shape index (κ1) is 13.1. The minimum absolute atomic E-state index is 0.123. The van der Waals surface area contributed by atoms with Gasteiger partial charge in [-0.15, -0.1) is 0 Å². The first-order valence-electron chi connectivity index (χ1n) is 7.06. The maximum Gasteiger partial charge on any atom is 0.231 e. The highest BCUT2D eigenvalue weighted by Gasteiger charge is 2.39. The van der Waals surface area contributed by atoms with Crippen LogP contribution in [-0.4, -0.2) is 30.9 Å². The molecule has 3 heteroatoms. The van der Waals surface area contributed by atoms with Crippen LogP contribution in [0.25, 0.3) is 10.8 Å². The van der Waals surface area contributed by atoms with Gasteiger partial charge in [0.2, 0.25) is 5.91 Å². The van der Waals surface area contributed by atoms with Crippen LogP contribution in [-0.2, 0) is 4.79 Å². The molecule has 1 fully saturated rings. The van der Waals surface area contributed by atoms with Crippen molar-refractivity contribution in [3.63, 3.8) is 0 Å². The molecule has 3 nitrogen and oxygen atoms in total. The SMILES string of the molecule is CN1CCC(C)(C(=O)Nc2cccc3ccccc23)C1. The van der Waals surface area contributed by atoms with Crippen molar-refractivity contribution in [2.75, 3.05) is 25.5 Å². The fraction of sp³-hybridized carbons (Fsp3) is 0.353. The van der Waals surface area contributed by atoms with Gasteiger partial charge >= 0.3 is 0 Å². The Morgan fingerprint density at radius 2 is 1.95 bits per heavy atom. The van der Waals surface area contributed by atoms with Crippen molar-refractivity contribution in [3.05, 3.63) is 42.5 Å². The summed E-state index contributed by atoms with van der Waals surface area (Å²) >= 11 is 0. The van der Waals surface area contributed by atoms with Gasteiger partial charge in [-0.25, -0.2) is 0 Å². The van der Waals surface area contributed by atoms with E-state index in [4.69, 9.17) is 0 Å². The number of hydrogen-bond donors (Lipinski definition) is 1. The summed E-state index contributed by atoms with van der Waals surface area (Å²) in [6, 6.07) is 14.2. The topological polar surface area (TPSA) is 32.3 Å². The number of carbonyl (C=O) groups is 1. The number of rotatable bonds is 2. The van der Waals surface area contributed by atoms with E-state index in [9.17, 15) is 4.79 Å². The minimum atomic E-state index is -0.286. The number of nitrogens with one attached hydrogen (secondary N) is 1. The van der Waals surface area contributed by atoms with Crippen molar-refractivity contribution in [2.24, 2.45) is 5.41 Å². The van der Waals surface area contributed by atoms with Gasteiger partial charge in [-0.05, 0) is 38.4 Å². The molecule has 20 heavy (non-hydrogen) atoms. The quantitative estimate of drug-likeness (QED) is 0.907. The largest absolute Gasteiger partial charge is 0.325 e. The maximum atomic E-state index is 12.6. The summed E-state index contributed by atoms with van der Waals surface area (Å²) in [5.74, 6) is 0.123. The summed E-state index contributed by atoms with van der Waals surface area (Å²) in [5.41, 5.74) is 0.620. The third kappa shape index (κ3) is 2.29. The van der Waals surface area contributed by atoms with Crippen LogP contribution in [0.2, 0.25) is 0 Å². The molecular weight excluding hydrogens is 248 g/mol. The second-order valence-electron chi connectivity index (χ2n) is 6.03. The van der Waals surface area contributed by atoms with Gasteiger partial charge in [0.15, 0.2) is 0 Å². The molecule has 1 unspecified atom stereocenters. The summed E-state index contributed by atoms with van der Waals surface area (Å²) in [7, 11) is 2.07. The van der Waals surface area contributed by atoms with E-state index in [0.717, 1.165) is 36.0 Å². The second kappa shape index (κ2) is 4.91. The molecule has 0 aliphatic carbocycles. The molecule has 0 saturated carbocycles. The van der Waals surface area contributed by atoms with Gasteiger partial charge in [-0.1, -0.05) is 36.4 Å². The zero-order valence-corrected chi connectivity index (χ0v) is 12.0. The standard InChI is InChI=1S/C17H20N2O/c1-17(10-11-19(2)12-17)16(20)18-15-9-5-7-13-6-3-4-8-14(13)15/h3-9H,10-12H2,1-2H3,(H,18,20). The number of fused-ring (bicyclic) bond motifs is 1. The van der Waals surface area contributed by atoms with E-state index in [1.807, 2.05) is 30.3 Å². The van der Waals surface area contributed by atoms with Crippen LogP contribution < -0.4 is 5.32 Å². The van der Waals surface area contributed by atoms with Gasteiger partial charge in [-0.3, -0.25) is 4.79 Å². The predicted molar refractivity (Wildman–Crippen MR) is 82.8 cm³/mol. The van der Waals surface area contributed by atoms with Crippen LogP contribution >= 0.6 is 0 Å². The molecule has 0 aromatic heterocycles. The summed E-state index contributed by atoms with van der Waals surface area (Å²) < 4.78 is 0. The number of carbonyl (C=O) groups excluding carboxylic acids is 1. The Bertz CT molecular complexity index is 647. The van der Waals surface area contributed by atoms with Crippen molar-refractivity contribution < 1.29 is 4.79 Å². The zero-order chi connectivity index (χ0) is 14.2. The van der Waals surface area contributed by atoms with Gasteiger partial charge in [-0.2, -0.15) is 0 Å². The summed E-state index contributed by atoms with van der Waals surface area (Å²) in [6.45, 7) is 3.86. The van der Waals surface area contributed by atoms with Gasteiger partial charge < -0.3 is 10.2 Å². The molecule has 1 aliphatic rings. The van der Waals surface area contributed by atoms with E-state index in [0.29, 0.717) is 0 Å². The zero-order valence-electron chi connectivity index (χ0n) is 12.0. The number of amides is 1. The van der Waals surface area contributed by atoms with Crippen LogP contribution in [0.4, 0.5) is 5.69 Å². The molecule has 1 heterocycles. The number of hydrogen-bond acceptors (Lipinski definition) is 2. The van der Waals surface area contributed by atoms with Crippen LogP contribution in [0, 0.1) is 5.41 Å². The normalized spacial score (nSPS) is 23.1. The highest BCUT2D eigenvalue weighted by Crippen LogP contribution is 2.31. The van der Waals surface area contributed by atoms with Gasteiger partial charge in [0, 0.05) is 17.6 Å². The Morgan fingerprint density at radius 3 is 2.70 bits per heavy atom. The molecule has 3 rings (SSSR count). The summed E-state index contributed by atoms with van der Waals surface area (Å²) in [4.78, 5) is 14.8. The van der Waals surface area contributed by atoms with Crippen molar-refractivity contribution in [3.8, 4) is 0 Å². The Morgan fingerprint density at radius 1 is 1.20 bits per heavy atom. The monoisotopic (exact) mass is 268 g/mol. The smallest absolute Gasteiger partial charge is 0.231 e. The van der Waals surface area contributed by atoms with Crippen LogP contribution in [0.1, 0.15) is 13.3 Å². The van der Waals surface area contributed by atoms with Crippen LogP contribution in [0.5, 0.6) is 0 Å². The molecule has 2 aromatic rings. The molecule has 1 N–H and O–H groups in total. The Balaban J connectivity index is 1.88. The second-order valence-corrected chi connectivity index (χ2v) is 6.03. The number of benzene rings is 2. The average molecular weight is 268 g/mol. The first-order chi connectivity index (χ1) is 9.58. The van der Waals surface area contributed by atoms with E-state index in [1.165, 1.54) is 0 Å². The maximum absolute atomic E-state index is 12.6. The molecule has 0 radical (unpaired) electrons. The molecule has 1 saturated heterocycles. The highest BCUT2D eigenvalue weighted by molar-refractivity contribution is 6.04. The molecule has 1 amide bonds. The van der Waals surface area contributed by atoms with Crippen molar-refractivity contribution in [1.29, 1.82) is 0 Å². The van der Waals surface area contributed by atoms with Crippen LogP contribution in [0.3, 0.4) is 0 Å². The third-order valence-corrected chi connectivity index (χ3v) is 4.25. The lowest BCUT2D eigenvalue weighted by Gasteiger charge is -2.23.